The maximum Gasteiger partial charge on any atom is 0.251 e. The van der Waals surface area contributed by atoms with Gasteiger partial charge >= 0.3 is 0 Å². The molecular formula is C18H17Cl2NO4. The van der Waals surface area contributed by atoms with Crippen molar-refractivity contribution in [3.8, 4) is 11.5 Å². The van der Waals surface area contributed by atoms with Gasteiger partial charge in [0.05, 0.1) is 26.3 Å². The van der Waals surface area contributed by atoms with Gasteiger partial charge < -0.3 is 19.1 Å². The first kappa shape index (κ1) is 17.9. The maximum absolute atomic E-state index is 12.4. The fourth-order valence-corrected chi connectivity index (χ4v) is 3.29. The molecule has 0 radical (unpaired) electrons. The van der Waals surface area contributed by atoms with Crippen LogP contribution in [0.4, 0.5) is 0 Å². The van der Waals surface area contributed by atoms with Crippen LogP contribution in [0.3, 0.4) is 0 Å². The molecule has 0 bridgehead atoms. The molecule has 1 amide bonds. The monoisotopic (exact) mass is 381 g/mol. The summed E-state index contributed by atoms with van der Waals surface area (Å²) >= 11 is 12.2. The largest absolute Gasteiger partial charge is 0.496 e. The van der Waals surface area contributed by atoms with Gasteiger partial charge in [0, 0.05) is 10.0 Å². The quantitative estimate of drug-likeness (QED) is 0.782. The molecule has 7 heteroatoms. The zero-order valence-electron chi connectivity index (χ0n) is 13.8. The number of benzene rings is 2. The van der Waals surface area contributed by atoms with Crippen molar-refractivity contribution in [2.45, 2.75) is 12.8 Å². The van der Waals surface area contributed by atoms with Crippen LogP contribution < -0.4 is 9.47 Å². The average molecular weight is 382 g/mol. The van der Waals surface area contributed by atoms with E-state index >= 15 is 0 Å². The molecule has 1 atom stereocenters. The molecule has 5 nitrogen and oxygen atoms in total. The van der Waals surface area contributed by atoms with Crippen molar-refractivity contribution >= 4 is 29.1 Å². The summed E-state index contributed by atoms with van der Waals surface area (Å²) in [4.78, 5) is 14.0. The summed E-state index contributed by atoms with van der Waals surface area (Å²) in [6.07, 6.45) is -0.620. The number of halogens is 2. The van der Waals surface area contributed by atoms with Crippen molar-refractivity contribution in [1.29, 1.82) is 0 Å². The van der Waals surface area contributed by atoms with E-state index in [0.717, 1.165) is 5.56 Å². The minimum Gasteiger partial charge on any atom is -0.496 e. The van der Waals surface area contributed by atoms with Crippen molar-refractivity contribution in [2.24, 2.45) is 0 Å². The van der Waals surface area contributed by atoms with Gasteiger partial charge in [-0.15, -0.1) is 0 Å². The molecule has 0 aliphatic carbocycles. The molecule has 1 fully saturated rings. The van der Waals surface area contributed by atoms with Gasteiger partial charge in [-0.1, -0.05) is 35.3 Å². The second-order valence-electron chi connectivity index (χ2n) is 5.50. The Morgan fingerprint density at radius 1 is 1.16 bits per heavy atom. The molecule has 2 aromatic carbocycles. The summed E-state index contributed by atoms with van der Waals surface area (Å²) in [6, 6.07) is 10.6. The lowest BCUT2D eigenvalue weighted by atomic mass is 10.1. The highest BCUT2D eigenvalue weighted by molar-refractivity contribution is 6.35. The molecule has 1 saturated heterocycles. The third-order valence-electron chi connectivity index (χ3n) is 4.04. The summed E-state index contributed by atoms with van der Waals surface area (Å²) in [7, 11) is 3.13. The zero-order chi connectivity index (χ0) is 18.0. The molecule has 3 rings (SSSR count). The molecule has 0 aromatic heterocycles. The molecule has 0 saturated carbocycles. The van der Waals surface area contributed by atoms with Crippen LogP contribution in [0.15, 0.2) is 36.4 Å². The first-order chi connectivity index (χ1) is 12.0. The van der Waals surface area contributed by atoms with E-state index in [1.165, 1.54) is 0 Å². The zero-order valence-corrected chi connectivity index (χ0v) is 15.3. The Hall–Kier alpha value is -1.95. The van der Waals surface area contributed by atoms with E-state index in [0.29, 0.717) is 33.7 Å². The second kappa shape index (κ2) is 7.52. The fourth-order valence-electron chi connectivity index (χ4n) is 2.82. The third kappa shape index (κ3) is 3.54. The Labute approximate surface area is 156 Å². The molecule has 1 unspecified atom stereocenters. The maximum atomic E-state index is 12.4. The van der Waals surface area contributed by atoms with Gasteiger partial charge in [0.15, 0.2) is 6.23 Å². The number of hydrogen-bond acceptors (Lipinski definition) is 4. The number of rotatable bonds is 5. The molecule has 1 aliphatic heterocycles. The molecular weight excluding hydrogens is 365 g/mol. The van der Waals surface area contributed by atoms with Crippen molar-refractivity contribution in [3.63, 3.8) is 0 Å². The summed E-state index contributed by atoms with van der Waals surface area (Å²) in [5.74, 6) is 1.04. The van der Waals surface area contributed by atoms with Crippen molar-refractivity contribution < 1.29 is 19.0 Å². The highest BCUT2D eigenvalue weighted by atomic mass is 35.5. The normalized spacial score (nSPS) is 17.0. The van der Waals surface area contributed by atoms with Crippen LogP contribution in [-0.4, -0.2) is 31.6 Å². The van der Waals surface area contributed by atoms with Gasteiger partial charge in [-0.2, -0.15) is 0 Å². The summed E-state index contributed by atoms with van der Waals surface area (Å²) in [5.41, 5.74) is 1.45. The van der Waals surface area contributed by atoms with E-state index in [4.69, 9.17) is 37.4 Å². The lowest BCUT2D eigenvalue weighted by molar-refractivity contribution is -0.128. The average Bonchev–Trinajstić information content (AvgIpc) is 2.96. The lowest BCUT2D eigenvalue weighted by Crippen LogP contribution is -2.28. The topological polar surface area (TPSA) is 48.0 Å². The van der Waals surface area contributed by atoms with E-state index in [-0.39, 0.29) is 12.5 Å². The van der Waals surface area contributed by atoms with Crippen LogP contribution in [-0.2, 0) is 16.1 Å². The van der Waals surface area contributed by atoms with E-state index < -0.39 is 6.23 Å². The second-order valence-corrected chi connectivity index (χ2v) is 6.34. The van der Waals surface area contributed by atoms with E-state index in [2.05, 4.69) is 0 Å². The van der Waals surface area contributed by atoms with Gasteiger partial charge in [-0.05, 0) is 29.8 Å². The number of carbonyl (C=O) groups is 1. The smallest absolute Gasteiger partial charge is 0.251 e. The highest BCUT2D eigenvalue weighted by Crippen LogP contribution is 2.41. The Kier molecular flexibility index (Phi) is 5.37. The molecule has 1 aliphatic rings. The molecule has 0 N–H and O–H groups in total. The van der Waals surface area contributed by atoms with Crippen molar-refractivity contribution in [2.75, 3.05) is 20.8 Å². The van der Waals surface area contributed by atoms with Crippen LogP contribution in [0.5, 0.6) is 11.5 Å². The Balaban J connectivity index is 1.98. The minimum absolute atomic E-state index is 0.0168. The van der Waals surface area contributed by atoms with Gasteiger partial charge in [0.2, 0.25) is 0 Å². The summed E-state index contributed by atoms with van der Waals surface area (Å²) in [6.45, 7) is 0.276. The third-order valence-corrected chi connectivity index (χ3v) is 4.62. The molecule has 0 spiro atoms. The van der Waals surface area contributed by atoms with Crippen molar-refractivity contribution in [3.05, 3.63) is 57.6 Å². The number of hydrogen-bond donors (Lipinski definition) is 0. The van der Waals surface area contributed by atoms with Crippen LogP contribution in [0.1, 0.15) is 17.4 Å². The standard InChI is InChI=1S/C18H17Cl2NO4/c1-23-14-4-3-5-15(24-2)17(14)18-21(16(22)10-25-18)9-11-6-7-12(19)8-13(11)20/h3-8,18H,9-10H2,1-2H3. The van der Waals surface area contributed by atoms with Crippen LogP contribution in [0.25, 0.3) is 0 Å². The first-order valence-corrected chi connectivity index (χ1v) is 8.36. The van der Waals surface area contributed by atoms with Crippen molar-refractivity contribution in [1.82, 2.24) is 4.90 Å². The van der Waals surface area contributed by atoms with E-state index in [1.54, 1.807) is 49.5 Å². The van der Waals surface area contributed by atoms with Crippen LogP contribution >= 0.6 is 23.2 Å². The molecule has 2 aromatic rings. The highest BCUT2D eigenvalue weighted by Gasteiger charge is 2.37. The van der Waals surface area contributed by atoms with E-state index in [9.17, 15) is 4.79 Å². The van der Waals surface area contributed by atoms with Gasteiger partial charge in [-0.25, -0.2) is 0 Å². The first-order valence-electron chi connectivity index (χ1n) is 7.61. The van der Waals surface area contributed by atoms with Gasteiger partial charge in [0.1, 0.15) is 18.1 Å². The summed E-state index contributed by atoms with van der Waals surface area (Å²) < 4.78 is 16.6. The predicted molar refractivity (Wildman–Crippen MR) is 95.3 cm³/mol. The number of methoxy groups -OCH3 is 2. The van der Waals surface area contributed by atoms with Crippen LogP contribution in [0.2, 0.25) is 10.0 Å². The van der Waals surface area contributed by atoms with Gasteiger partial charge in [-0.3, -0.25) is 4.79 Å². The Morgan fingerprint density at radius 2 is 1.84 bits per heavy atom. The molecule has 25 heavy (non-hydrogen) atoms. The molecule has 132 valence electrons. The SMILES string of the molecule is COc1cccc(OC)c1C1OCC(=O)N1Cc1ccc(Cl)cc1Cl. The Morgan fingerprint density at radius 3 is 2.44 bits per heavy atom. The van der Waals surface area contributed by atoms with Gasteiger partial charge in [0.25, 0.3) is 5.91 Å². The Bertz CT molecular complexity index is 774. The number of nitrogens with zero attached hydrogens (tertiary/aromatic N) is 1. The summed E-state index contributed by atoms with van der Waals surface area (Å²) in [5, 5.41) is 1.04. The number of ether oxygens (including phenoxy) is 3. The lowest BCUT2D eigenvalue weighted by Gasteiger charge is -2.26. The minimum atomic E-state index is -0.620. The molecule has 1 heterocycles. The number of carbonyl (C=O) groups excluding carboxylic acids is 1. The fraction of sp³-hybridized carbons (Fsp3) is 0.278. The predicted octanol–water partition coefficient (Wildman–Crippen LogP) is 4.07. The number of amides is 1. The van der Waals surface area contributed by atoms with Crippen LogP contribution in [0, 0.1) is 0 Å². The van der Waals surface area contributed by atoms with E-state index in [1.807, 2.05) is 6.07 Å².